The predicted molar refractivity (Wildman–Crippen MR) is 86.7 cm³/mol. The highest BCUT2D eigenvalue weighted by Crippen LogP contribution is 1.97. The van der Waals surface area contributed by atoms with Crippen LogP contribution in [0.4, 0.5) is 0 Å². The van der Waals surface area contributed by atoms with Crippen molar-refractivity contribution in [2.45, 2.75) is 52.4 Å². The molecule has 2 N–H and O–H groups in total. The Hall–Kier alpha value is -1.14. The van der Waals surface area contributed by atoms with Crippen LogP contribution in [0.2, 0.25) is 0 Å². The van der Waals surface area contributed by atoms with Gasteiger partial charge in [-0.1, -0.05) is 26.7 Å². The zero-order chi connectivity index (χ0) is 16.5. The van der Waals surface area contributed by atoms with Crippen molar-refractivity contribution in [3.05, 3.63) is 0 Å². The van der Waals surface area contributed by atoms with Crippen LogP contribution in [0.25, 0.3) is 0 Å². The van der Waals surface area contributed by atoms with Gasteiger partial charge in [-0.3, -0.25) is 9.59 Å². The van der Waals surface area contributed by atoms with Gasteiger partial charge in [0.05, 0.1) is 26.4 Å². The summed E-state index contributed by atoms with van der Waals surface area (Å²) in [6.07, 6.45) is 5.19. The Morgan fingerprint density at radius 2 is 1.27 bits per heavy atom. The molecule has 0 aliphatic carbocycles. The zero-order valence-electron chi connectivity index (χ0n) is 14.1. The van der Waals surface area contributed by atoms with Crippen molar-refractivity contribution in [2.75, 3.05) is 39.5 Å². The first-order valence-corrected chi connectivity index (χ1v) is 8.39. The van der Waals surface area contributed by atoms with E-state index in [0.29, 0.717) is 52.4 Å². The molecule has 0 aromatic heterocycles. The molecule has 0 atom stereocenters. The number of carbonyl (C=O) groups is 2. The van der Waals surface area contributed by atoms with Crippen LogP contribution < -0.4 is 10.6 Å². The second-order valence-electron chi connectivity index (χ2n) is 5.13. The highest BCUT2D eigenvalue weighted by atomic mass is 16.5. The molecule has 0 spiro atoms. The minimum absolute atomic E-state index is 0.0667. The lowest BCUT2D eigenvalue weighted by Crippen LogP contribution is -2.28. The molecule has 0 saturated carbocycles. The van der Waals surface area contributed by atoms with Crippen LogP contribution in [0.5, 0.6) is 0 Å². The van der Waals surface area contributed by atoms with E-state index < -0.39 is 0 Å². The molecule has 0 saturated heterocycles. The van der Waals surface area contributed by atoms with E-state index in [1.165, 1.54) is 0 Å². The number of hydrogen-bond donors (Lipinski definition) is 2. The van der Waals surface area contributed by atoms with Crippen molar-refractivity contribution in [3.8, 4) is 0 Å². The Labute approximate surface area is 134 Å². The van der Waals surface area contributed by atoms with E-state index in [1.54, 1.807) is 0 Å². The first-order valence-electron chi connectivity index (χ1n) is 8.39. The highest BCUT2D eigenvalue weighted by Gasteiger charge is 2.00. The highest BCUT2D eigenvalue weighted by molar-refractivity contribution is 5.76. The Morgan fingerprint density at radius 3 is 1.77 bits per heavy atom. The van der Waals surface area contributed by atoms with E-state index >= 15 is 0 Å². The molecule has 6 heteroatoms. The number of ether oxygens (including phenoxy) is 2. The number of carbonyl (C=O) groups excluding carboxylic acids is 2. The van der Waals surface area contributed by atoms with E-state index in [4.69, 9.17) is 9.47 Å². The molecule has 0 aromatic carbocycles. The van der Waals surface area contributed by atoms with Crippen molar-refractivity contribution in [1.82, 2.24) is 10.6 Å². The predicted octanol–water partition coefficient (Wildman–Crippen LogP) is 1.63. The molecule has 6 nitrogen and oxygen atoms in total. The molecule has 130 valence electrons. The van der Waals surface area contributed by atoms with Crippen molar-refractivity contribution >= 4 is 11.8 Å². The maximum absolute atomic E-state index is 11.4. The molecule has 0 radical (unpaired) electrons. The van der Waals surface area contributed by atoms with E-state index in [9.17, 15) is 9.59 Å². The quantitative estimate of drug-likeness (QED) is 0.450. The summed E-state index contributed by atoms with van der Waals surface area (Å²) >= 11 is 0. The minimum Gasteiger partial charge on any atom is -0.377 e. The molecular formula is C16H32N2O4. The van der Waals surface area contributed by atoms with E-state index in [1.807, 2.05) is 6.92 Å². The molecule has 0 rings (SSSR count). The molecule has 0 aliphatic rings. The van der Waals surface area contributed by atoms with Gasteiger partial charge in [-0.15, -0.1) is 0 Å². The SMILES string of the molecule is CCCCCC(=O)NCCOCCOCCNC(=O)CCC. The van der Waals surface area contributed by atoms with Gasteiger partial charge in [0.1, 0.15) is 0 Å². The normalized spacial score (nSPS) is 10.5. The third kappa shape index (κ3) is 15.3. The summed E-state index contributed by atoms with van der Waals surface area (Å²) in [5.74, 6) is 0.160. The second kappa shape index (κ2) is 16.2. The molecule has 0 fully saturated rings. The number of nitrogens with one attached hydrogen (secondary N) is 2. The summed E-state index contributed by atoms with van der Waals surface area (Å²) in [6, 6.07) is 0. The fourth-order valence-electron chi connectivity index (χ4n) is 1.79. The maximum Gasteiger partial charge on any atom is 0.220 e. The van der Waals surface area contributed by atoms with Crippen LogP contribution in [-0.2, 0) is 19.1 Å². The summed E-state index contributed by atoms with van der Waals surface area (Å²) < 4.78 is 10.7. The Kier molecular flexibility index (Phi) is 15.4. The molecule has 0 heterocycles. The first-order chi connectivity index (χ1) is 10.7. The fourth-order valence-corrected chi connectivity index (χ4v) is 1.79. The molecular weight excluding hydrogens is 284 g/mol. The van der Waals surface area contributed by atoms with Gasteiger partial charge >= 0.3 is 0 Å². The van der Waals surface area contributed by atoms with E-state index in [0.717, 1.165) is 25.7 Å². The van der Waals surface area contributed by atoms with Crippen LogP contribution in [0.15, 0.2) is 0 Å². The van der Waals surface area contributed by atoms with Crippen molar-refractivity contribution in [2.24, 2.45) is 0 Å². The molecule has 22 heavy (non-hydrogen) atoms. The van der Waals surface area contributed by atoms with E-state index in [-0.39, 0.29) is 11.8 Å². The van der Waals surface area contributed by atoms with Gasteiger partial charge in [0, 0.05) is 25.9 Å². The van der Waals surface area contributed by atoms with Crippen LogP contribution in [0, 0.1) is 0 Å². The Bertz CT molecular complexity index is 285. The van der Waals surface area contributed by atoms with Gasteiger partial charge in [0.2, 0.25) is 11.8 Å². The van der Waals surface area contributed by atoms with Crippen molar-refractivity contribution in [1.29, 1.82) is 0 Å². The van der Waals surface area contributed by atoms with Crippen LogP contribution in [0.3, 0.4) is 0 Å². The molecule has 0 unspecified atom stereocenters. The summed E-state index contributed by atoms with van der Waals surface area (Å²) in [6.45, 7) is 7.14. The van der Waals surface area contributed by atoms with Gasteiger partial charge in [-0.2, -0.15) is 0 Å². The Balaban J connectivity index is 3.17. The smallest absolute Gasteiger partial charge is 0.220 e. The topological polar surface area (TPSA) is 76.7 Å². The average molecular weight is 316 g/mol. The van der Waals surface area contributed by atoms with Gasteiger partial charge in [0.25, 0.3) is 0 Å². The monoisotopic (exact) mass is 316 g/mol. The third-order valence-corrected chi connectivity index (χ3v) is 2.99. The van der Waals surface area contributed by atoms with Gasteiger partial charge in [-0.05, 0) is 12.8 Å². The lowest BCUT2D eigenvalue weighted by Gasteiger charge is -2.08. The number of hydrogen-bond acceptors (Lipinski definition) is 4. The Morgan fingerprint density at radius 1 is 0.727 bits per heavy atom. The zero-order valence-corrected chi connectivity index (χ0v) is 14.1. The third-order valence-electron chi connectivity index (χ3n) is 2.99. The summed E-state index contributed by atoms with van der Waals surface area (Å²) in [7, 11) is 0. The molecule has 2 amide bonds. The molecule has 0 aromatic rings. The summed E-state index contributed by atoms with van der Waals surface area (Å²) in [4.78, 5) is 22.6. The lowest BCUT2D eigenvalue weighted by molar-refractivity contribution is -0.122. The molecule has 0 bridgehead atoms. The average Bonchev–Trinajstić information content (AvgIpc) is 2.49. The summed E-state index contributed by atoms with van der Waals surface area (Å²) in [5, 5.41) is 5.60. The van der Waals surface area contributed by atoms with Crippen LogP contribution >= 0.6 is 0 Å². The minimum atomic E-state index is 0.0667. The standard InChI is InChI=1S/C16H32N2O4/c1-3-5-6-8-16(20)18-10-12-22-14-13-21-11-9-17-15(19)7-4-2/h3-14H2,1-2H3,(H,17,19)(H,18,20). The fraction of sp³-hybridized carbons (Fsp3) is 0.875. The van der Waals surface area contributed by atoms with Gasteiger partial charge < -0.3 is 20.1 Å². The van der Waals surface area contributed by atoms with Crippen LogP contribution in [-0.4, -0.2) is 51.3 Å². The molecule has 0 aliphatic heterocycles. The number of amides is 2. The summed E-state index contributed by atoms with van der Waals surface area (Å²) in [5.41, 5.74) is 0. The van der Waals surface area contributed by atoms with E-state index in [2.05, 4.69) is 17.6 Å². The van der Waals surface area contributed by atoms with Gasteiger partial charge in [0.15, 0.2) is 0 Å². The van der Waals surface area contributed by atoms with Crippen molar-refractivity contribution < 1.29 is 19.1 Å². The maximum atomic E-state index is 11.4. The lowest BCUT2D eigenvalue weighted by atomic mass is 10.2. The van der Waals surface area contributed by atoms with Crippen LogP contribution in [0.1, 0.15) is 52.4 Å². The largest absolute Gasteiger partial charge is 0.377 e. The number of rotatable bonds is 15. The first kappa shape index (κ1) is 20.9. The van der Waals surface area contributed by atoms with Crippen molar-refractivity contribution in [3.63, 3.8) is 0 Å². The number of unbranched alkanes of at least 4 members (excludes halogenated alkanes) is 2. The van der Waals surface area contributed by atoms with Gasteiger partial charge in [-0.25, -0.2) is 0 Å². The second-order valence-corrected chi connectivity index (χ2v) is 5.13.